The van der Waals surface area contributed by atoms with E-state index in [0.29, 0.717) is 17.9 Å². The molecule has 2 rings (SSSR count). The summed E-state index contributed by atoms with van der Waals surface area (Å²) in [4.78, 5) is 18.9. The van der Waals surface area contributed by atoms with Crippen molar-refractivity contribution in [2.45, 2.75) is 31.2 Å². The zero-order valence-corrected chi connectivity index (χ0v) is 14.5. The average molecular weight is 355 g/mol. The van der Waals surface area contributed by atoms with E-state index in [-0.39, 0.29) is 11.4 Å². The number of hydrogen-bond acceptors (Lipinski definition) is 4. The summed E-state index contributed by atoms with van der Waals surface area (Å²) in [5, 5.41) is 6.04. The fourth-order valence-electron chi connectivity index (χ4n) is 2.97. The van der Waals surface area contributed by atoms with Crippen LogP contribution < -0.4 is 10.6 Å². The molecular weight excluding hydrogens is 332 g/mol. The van der Waals surface area contributed by atoms with Gasteiger partial charge in [0.05, 0.1) is 5.56 Å². The topological polar surface area (TPSA) is 57.3 Å². The predicted octanol–water partition coefficient (Wildman–Crippen LogP) is 2.49. The van der Waals surface area contributed by atoms with Crippen LogP contribution in [0, 0.1) is 0 Å². The van der Waals surface area contributed by atoms with Gasteiger partial charge in [-0.25, -0.2) is 4.98 Å². The highest BCUT2D eigenvalue weighted by atomic mass is 79.9. The molecule has 0 aromatic carbocycles. The molecule has 0 unspecified atom stereocenters. The number of amides is 1. The van der Waals surface area contributed by atoms with E-state index >= 15 is 0 Å². The van der Waals surface area contributed by atoms with Gasteiger partial charge in [-0.3, -0.25) is 4.79 Å². The quantitative estimate of drug-likeness (QED) is 0.852. The molecule has 0 aliphatic heterocycles. The summed E-state index contributed by atoms with van der Waals surface area (Å²) in [6.07, 6.45) is 6.41. The first-order chi connectivity index (χ1) is 9.98. The fourth-order valence-corrected chi connectivity index (χ4v) is 3.30. The fraction of sp³-hybridized carbons (Fsp3) is 0.600. The molecule has 0 atom stereocenters. The van der Waals surface area contributed by atoms with Crippen LogP contribution in [0.2, 0.25) is 0 Å². The van der Waals surface area contributed by atoms with Gasteiger partial charge >= 0.3 is 0 Å². The number of nitrogens with zero attached hydrogens (tertiary/aromatic N) is 2. The maximum Gasteiger partial charge on any atom is 0.255 e. The largest absolute Gasteiger partial charge is 0.372 e. The Kier molecular flexibility index (Phi) is 5.22. The molecule has 2 N–H and O–H groups in total. The van der Waals surface area contributed by atoms with Crippen LogP contribution in [0.4, 0.5) is 5.82 Å². The molecule has 1 aromatic rings. The van der Waals surface area contributed by atoms with Gasteiger partial charge in [0.2, 0.25) is 0 Å². The first-order valence-corrected chi connectivity index (χ1v) is 8.07. The Morgan fingerprint density at radius 3 is 2.67 bits per heavy atom. The van der Waals surface area contributed by atoms with Crippen molar-refractivity contribution in [1.29, 1.82) is 0 Å². The van der Waals surface area contributed by atoms with Gasteiger partial charge in [-0.05, 0) is 48.9 Å². The van der Waals surface area contributed by atoms with Crippen molar-refractivity contribution in [2.75, 3.05) is 33.0 Å². The molecule has 5 nitrogen and oxygen atoms in total. The Hall–Kier alpha value is -1.14. The SMILES string of the molecule is CNc1ncc(Br)cc1C(=O)NCC1(N(C)C)CCCC1. The highest BCUT2D eigenvalue weighted by molar-refractivity contribution is 9.10. The van der Waals surface area contributed by atoms with Gasteiger partial charge in [0, 0.05) is 29.8 Å². The van der Waals surface area contributed by atoms with E-state index in [4.69, 9.17) is 0 Å². The average Bonchev–Trinajstić information content (AvgIpc) is 2.95. The van der Waals surface area contributed by atoms with Gasteiger partial charge in [-0.2, -0.15) is 0 Å². The van der Waals surface area contributed by atoms with Crippen LogP contribution in [0.25, 0.3) is 0 Å². The van der Waals surface area contributed by atoms with Crippen LogP contribution in [-0.4, -0.2) is 49.0 Å². The summed E-state index contributed by atoms with van der Waals surface area (Å²) in [5.41, 5.74) is 0.660. The van der Waals surface area contributed by atoms with Gasteiger partial charge in [0.1, 0.15) is 5.82 Å². The van der Waals surface area contributed by atoms with Gasteiger partial charge in [0.15, 0.2) is 0 Å². The molecule has 1 aromatic heterocycles. The lowest BCUT2D eigenvalue weighted by molar-refractivity contribution is 0.0900. The Labute approximate surface area is 134 Å². The van der Waals surface area contributed by atoms with Crippen molar-refractivity contribution < 1.29 is 4.79 Å². The number of aromatic nitrogens is 1. The standard InChI is InChI=1S/C15H23BrN4O/c1-17-13-12(8-11(16)9-18-13)14(21)19-10-15(20(2)3)6-4-5-7-15/h8-9H,4-7,10H2,1-3H3,(H,17,18)(H,19,21). The highest BCUT2D eigenvalue weighted by Gasteiger charge is 2.36. The second-order valence-electron chi connectivity index (χ2n) is 5.81. The molecule has 21 heavy (non-hydrogen) atoms. The minimum absolute atomic E-state index is 0.0822. The molecule has 116 valence electrons. The summed E-state index contributed by atoms with van der Waals surface area (Å²) in [6, 6.07) is 1.80. The number of carbonyl (C=O) groups is 1. The summed E-state index contributed by atoms with van der Waals surface area (Å²) in [6.45, 7) is 0.675. The van der Waals surface area contributed by atoms with E-state index in [0.717, 1.165) is 17.3 Å². The maximum atomic E-state index is 12.5. The van der Waals surface area contributed by atoms with Gasteiger partial charge < -0.3 is 15.5 Å². The van der Waals surface area contributed by atoms with Crippen molar-refractivity contribution in [3.05, 3.63) is 22.3 Å². The smallest absolute Gasteiger partial charge is 0.255 e. The second kappa shape index (κ2) is 6.75. The van der Waals surface area contributed by atoms with Crippen LogP contribution >= 0.6 is 15.9 Å². The summed E-state index contributed by atoms with van der Waals surface area (Å²) in [7, 11) is 5.96. The summed E-state index contributed by atoms with van der Waals surface area (Å²) < 4.78 is 0.801. The van der Waals surface area contributed by atoms with Gasteiger partial charge in [-0.1, -0.05) is 12.8 Å². The first kappa shape index (κ1) is 16.2. The molecule has 1 fully saturated rings. The molecule has 0 bridgehead atoms. The van der Waals surface area contributed by atoms with E-state index in [1.807, 2.05) is 0 Å². The Morgan fingerprint density at radius 1 is 1.43 bits per heavy atom. The summed E-state index contributed by atoms with van der Waals surface area (Å²) in [5.74, 6) is 0.516. The molecular formula is C15H23BrN4O. The Bertz CT molecular complexity index is 512. The molecule has 0 saturated heterocycles. The van der Waals surface area contributed by atoms with E-state index in [9.17, 15) is 4.79 Å². The number of halogens is 1. The van der Waals surface area contributed by atoms with Crippen LogP contribution in [0.15, 0.2) is 16.7 Å². The number of anilines is 1. The van der Waals surface area contributed by atoms with Crippen molar-refractivity contribution >= 4 is 27.7 Å². The third-order valence-corrected chi connectivity index (χ3v) is 4.83. The molecule has 1 heterocycles. The first-order valence-electron chi connectivity index (χ1n) is 7.27. The second-order valence-corrected chi connectivity index (χ2v) is 6.72. The number of carbonyl (C=O) groups excluding carboxylic acids is 1. The van der Waals surface area contributed by atoms with Crippen molar-refractivity contribution in [2.24, 2.45) is 0 Å². The van der Waals surface area contributed by atoms with Gasteiger partial charge in [0.25, 0.3) is 5.91 Å². The summed E-state index contributed by atoms with van der Waals surface area (Å²) >= 11 is 3.37. The number of nitrogens with one attached hydrogen (secondary N) is 2. The lowest BCUT2D eigenvalue weighted by Gasteiger charge is -2.36. The molecule has 6 heteroatoms. The minimum Gasteiger partial charge on any atom is -0.372 e. The van der Waals surface area contributed by atoms with Gasteiger partial charge in [-0.15, -0.1) is 0 Å². The minimum atomic E-state index is -0.0822. The van der Waals surface area contributed by atoms with Crippen LogP contribution in [0.1, 0.15) is 36.0 Å². The van der Waals surface area contributed by atoms with Crippen LogP contribution in [-0.2, 0) is 0 Å². The Morgan fingerprint density at radius 2 is 2.10 bits per heavy atom. The third kappa shape index (κ3) is 3.55. The zero-order chi connectivity index (χ0) is 15.5. The molecule has 0 spiro atoms. The monoisotopic (exact) mass is 354 g/mol. The third-order valence-electron chi connectivity index (χ3n) is 4.40. The molecule has 1 amide bonds. The normalized spacial score (nSPS) is 17.0. The number of likely N-dealkylation sites (N-methyl/N-ethyl adjacent to an activating group) is 1. The molecule has 1 aliphatic rings. The molecule has 1 aliphatic carbocycles. The van der Waals surface area contributed by atoms with Crippen molar-refractivity contribution in [3.63, 3.8) is 0 Å². The van der Waals surface area contributed by atoms with E-state index in [2.05, 4.69) is 50.5 Å². The van der Waals surface area contributed by atoms with E-state index < -0.39 is 0 Å². The van der Waals surface area contributed by atoms with Crippen molar-refractivity contribution in [1.82, 2.24) is 15.2 Å². The number of hydrogen-bond donors (Lipinski definition) is 2. The lowest BCUT2D eigenvalue weighted by Crippen LogP contribution is -2.50. The lowest BCUT2D eigenvalue weighted by atomic mass is 9.96. The zero-order valence-electron chi connectivity index (χ0n) is 12.9. The van der Waals surface area contributed by atoms with Crippen LogP contribution in [0.5, 0.6) is 0 Å². The molecule has 1 saturated carbocycles. The van der Waals surface area contributed by atoms with E-state index in [1.54, 1.807) is 19.3 Å². The number of rotatable bonds is 5. The number of pyridine rings is 1. The van der Waals surface area contributed by atoms with Crippen molar-refractivity contribution in [3.8, 4) is 0 Å². The van der Waals surface area contributed by atoms with E-state index in [1.165, 1.54) is 12.8 Å². The molecule has 0 radical (unpaired) electrons. The predicted molar refractivity (Wildman–Crippen MR) is 88.7 cm³/mol. The maximum absolute atomic E-state index is 12.5. The Balaban J connectivity index is 2.10. The highest BCUT2D eigenvalue weighted by Crippen LogP contribution is 2.33. The van der Waals surface area contributed by atoms with Crippen LogP contribution in [0.3, 0.4) is 0 Å².